The highest BCUT2D eigenvalue weighted by Gasteiger charge is 2.14. The first-order chi connectivity index (χ1) is 9.31. The minimum atomic E-state index is -0.0681. The van der Waals surface area contributed by atoms with E-state index < -0.39 is 0 Å². The van der Waals surface area contributed by atoms with Crippen molar-refractivity contribution in [3.63, 3.8) is 0 Å². The summed E-state index contributed by atoms with van der Waals surface area (Å²) in [6, 6.07) is 17.9. The van der Waals surface area contributed by atoms with Gasteiger partial charge in [-0.3, -0.25) is 0 Å². The molecule has 96 valence electrons. The zero-order chi connectivity index (χ0) is 13.5. The fraction of sp³-hybridized carbons (Fsp3) is 0.111. The monoisotopic (exact) mass is 361 g/mol. The Balaban J connectivity index is 2.03. The molecule has 0 saturated heterocycles. The van der Waals surface area contributed by atoms with E-state index in [1.165, 1.54) is 18.3 Å². The SMILES string of the molecule is C=CCc1ccc([I+]c2ccc(CC=C)cc2)cc1. The summed E-state index contributed by atoms with van der Waals surface area (Å²) in [7, 11) is 0. The summed E-state index contributed by atoms with van der Waals surface area (Å²) in [4.78, 5) is 0. The normalized spacial score (nSPS) is 10.1. The first-order valence-corrected chi connectivity index (χ1v) is 8.52. The molecule has 2 aromatic rings. The molecule has 0 aliphatic carbocycles. The van der Waals surface area contributed by atoms with E-state index in [0.717, 1.165) is 12.8 Å². The standard InChI is InChI=1S/C18H18I/c1-3-5-15-7-11-17(12-8-15)19-18-13-9-16(6-4-2)10-14-18/h3-4,7-14H,1-2,5-6H2/q+1. The zero-order valence-electron chi connectivity index (χ0n) is 11.0. The molecule has 0 atom stereocenters. The third-order valence-electron chi connectivity index (χ3n) is 2.80. The molecule has 0 spiro atoms. The average molecular weight is 361 g/mol. The Labute approximate surface area is 126 Å². The van der Waals surface area contributed by atoms with Crippen LogP contribution in [0.25, 0.3) is 0 Å². The molecule has 0 radical (unpaired) electrons. The highest BCUT2D eigenvalue weighted by atomic mass is 127. The first kappa shape index (κ1) is 14.1. The van der Waals surface area contributed by atoms with E-state index in [-0.39, 0.29) is 21.2 Å². The van der Waals surface area contributed by atoms with E-state index in [4.69, 9.17) is 0 Å². The summed E-state index contributed by atoms with van der Waals surface area (Å²) < 4.78 is 2.92. The van der Waals surface area contributed by atoms with Crippen LogP contribution in [-0.2, 0) is 12.8 Å². The number of hydrogen-bond donors (Lipinski definition) is 0. The quantitative estimate of drug-likeness (QED) is 0.537. The fourth-order valence-corrected chi connectivity index (χ4v) is 3.98. The summed E-state index contributed by atoms with van der Waals surface area (Å²) in [6.07, 6.45) is 5.80. The van der Waals surface area contributed by atoms with Gasteiger partial charge in [0.1, 0.15) is 0 Å². The second-order valence-electron chi connectivity index (χ2n) is 4.33. The molecule has 0 nitrogen and oxygen atoms in total. The lowest BCUT2D eigenvalue weighted by Gasteiger charge is -1.95. The van der Waals surface area contributed by atoms with Gasteiger partial charge in [0.2, 0.25) is 0 Å². The molecular weight excluding hydrogens is 343 g/mol. The second kappa shape index (κ2) is 7.29. The van der Waals surface area contributed by atoms with Crippen molar-refractivity contribution in [3.05, 3.63) is 92.1 Å². The molecule has 1 heteroatoms. The molecule has 0 N–H and O–H groups in total. The molecule has 0 fully saturated rings. The van der Waals surface area contributed by atoms with Gasteiger partial charge in [-0.25, -0.2) is 0 Å². The number of rotatable bonds is 6. The van der Waals surface area contributed by atoms with E-state index in [1.54, 1.807) is 0 Å². The summed E-state index contributed by atoms with van der Waals surface area (Å²) in [6.45, 7) is 7.54. The second-order valence-corrected chi connectivity index (χ2v) is 7.36. The van der Waals surface area contributed by atoms with Gasteiger partial charge in [0.25, 0.3) is 0 Å². The Kier molecular flexibility index (Phi) is 5.40. The van der Waals surface area contributed by atoms with E-state index in [0.29, 0.717) is 0 Å². The van der Waals surface area contributed by atoms with Crippen LogP contribution < -0.4 is 21.2 Å². The van der Waals surface area contributed by atoms with Gasteiger partial charge < -0.3 is 0 Å². The van der Waals surface area contributed by atoms with Crippen LogP contribution in [0.3, 0.4) is 0 Å². The van der Waals surface area contributed by atoms with Crippen molar-refractivity contribution >= 4 is 0 Å². The van der Waals surface area contributed by atoms with Gasteiger partial charge in [0.15, 0.2) is 7.14 Å². The molecule has 0 aliphatic heterocycles. The van der Waals surface area contributed by atoms with Crippen molar-refractivity contribution < 1.29 is 21.2 Å². The van der Waals surface area contributed by atoms with Crippen LogP contribution in [0.4, 0.5) is 0 Å². The van der Waals surface area contributed by atoms with Crippen molar-refractivity contribution in [1.29, 1.82) is 0 Å². The molecule has 0 bridgehead atoms. The Morgan fingerprint density at radius 2 is 1.05 bits per heavy atom. The molecule has 0 heterocycles. The van der Waals surface area contributed by atoms with Gasteiger partial charge in [-0.05, 0) is 48.2 Å². The minimum Gasteiger partial charge on any atom is -0.103 e. The maximum absolute atomic E-state index is 3.77. The highest BCUT2D eigenvalue weighted by Crippen LogP contribution is 2.01. The van der Waals surface area contributed by atoms with E-state index in [9.17, 15) is 0 Å². The minimum absolute atomic E-state index is 0.0681. The van der Waals surface area contributed by atoms with Crippen molar-refractivity contribution in [3.8, 4) is 0 Å². The number of halogens is 1. The molecule has 2 rings (SSSR count). The average Bonchev–Trinajstić information content (AvgIpc) is 2.44. The molecular formula is C18H18I+. The third-order valence-corrected chi connectivity index (χ3v) is 5.49. The van der Waals surface area contributed by atoms with Crippen molar-refractivity contribution in [2.24, 2.45) is 0 Å². The fourth-order valence-electron chi connectivity index (χ4n) is 1.83. The van der Waals surface area contributed by atoms with Crippen molar-refractivity contribution in [2.45, 2.75) is 12.8 Å². The molecule has 0 saturated carbocycles. The van der Waals surface area contributed by atoms with Crippen LogP contribution in [-0.4, -0.2) is 0 Å². The van der Waals surface area contributed by atoms with E-state index in [2.05, 4.69) is 61.7 Å². The van der Waals surface area contributed by atoms with Gasteiger partial charge in [0.05, 0.1) is 0 Å². The Morgan fingerprint density at radius 1 is 0.684 bits per heavy atom. The Morgan fingerprint density at radius 3 is 1.37 bits per heavy atom. The van der Waals surface area contributed by atoms with E-state index in [1.807, 2.05) is 12.2 Å². The number of hydrogen-bond acceptors (Lipinski definition) is 0. The molecule has 0 unspecified atom stereocenters. The predicted octanol–water partition coefficient (Wildman–Crippen LogP) is 1.27. The Bertz CT molecular complexity index is 483. The summed E-state index contributed by atoms with van der Waals surface area (Å²) in [5.74, 6) is 0. The van der Waals surface area contributed by atoms with Crippen LogP contribution in [0.1, 0.15) is 11.1 Å². The van der Waals surface area contributed by atoms with Crippen molar-refractivity contribution in [2.75, 3.05) is 0 Å². The van der Waals surface area contributed by atoms with Crippen LogP contribution in [0.5, 0.6) is 0 Å². The topological polar surface area (TPSA) is 0 Å². The predicted molar refractivity (Wildman–Crippen MR) is 78.1 cm³/mol. The van der Waals surface area contributed by atoms with Gasteiger partial charge >= 0.3 is 21.2 Å². The van der Waals surface area contributed by atoms with Crippen LogP contribution >= 0.6 is 0 Å². The number of benzene rings is 2. The van der Waals surface area contributed by atoms with Crippen LogP contribution in [0.15, 0.2) is 73.8 Å². The smallest absolute Gasteiger partial charge is 0.103 e. The summed E-state index contributed by atoms with van der Waals surface area (Å²) in [5, 5.41) is 0. The molecule has 0 aromatic heterocycles. The molecule has 0 amide bonds. The van der Waals surface area contributed by atoms with Crippen LogP contribution in [0.2, 0.25) is 0 Å². The maximum atomic E-state index is 3.77. The lowest BCUT2D eigenvalue weighted by Crippen LogP contribution is -3.61. The van der Waals surface area contributed by atoms with Gasteiger partial charge in [-0.1, -0.05) is 36.4 Å². The van der Waals surface area contributed by atoms with Crippen LogP contribution in [0, 0.1) is 7.14 Å². The van der Waals surface area contributed by atoms with Gasteiger partial charge in [0, 0.05) is 0 Å². The summed E-state index contributed by atoms with van der Waals surface area (Å²) >= 11 is -0.0681. The first-order valence-electron chi connectivity index (χ1n) is 6.36. The highest BCUT2D eigenvalue weighted by molar-refractivity contribution is 5.18. The molecule has 19 heavy (non-hydrogen) atoms. The van der Waals surface area contributed by atoms with Gasteiger partial charge in [-0.15, -0.1) is 13.2 Å². The summed E-state index contributed by atoms with van der Waals surface area (Å²) in [5.41, 5.74) is 2.67. The zero-order valence-corrected chi connectivity index (χ0v) is 13.1. The lowest BCUT2D eigenvalue weighted by molar-refractivity contribution is -0.597. The third kappa shape index (κ3) is 4.35. The largest absolute Gasteiger partial charge is 0.357 e. The Hall–Kier alpha value is -1.35. The van der Waals surface area contributed by atoms with Gasteiger partial charge in [-0.2, -0.15) is 0 Å². The van der Waals surface area contributed by atoms with E-state index >= 15 is 0 Å². The molecule has 0 aliphatic rings. The maximum Gasteiger partial charge on any atom is 0.357 e. The lowest BCUT2D eigenvalue weighted by atomic mass is 10.2. The molecule has 2 aromatic carbocycles. The van der Waals surface area contributed by atoms with Crippen molar-refractivity contribution in [1.82, 2.24) is 0 Å². The number of allylic oxidation sites excluding steroid dienone is 2.